The predicted molar refractivity (Wildman–Crippen MR) is 107 cm³/mol. The number of aliphatic hydroxyl groups excluding tert-OH is 1. The largest absolute Gasteiger partial charge is 0.504 e. The Balaban J connectivity index is 2.02. The molecule has 0 aromatic heterocycles. The molecule has 1 aliphatic rings. The van der Waals surface area contributed by atoms with Crippen LogP contribution in [0.3, 0.4) is 0 Å². The predicted octanol–water partition coefficient (Wildman–Crippen LogP) is 4.80. The summed E-state index contributed by atoms with van der Waals surface area (Å²) in [5.41, 5.74) is 0.169. The smallest absolute Gasteiger partial charge is 0.327 e. The molecule has 1 rings (SSSR count). The molecule has 2 N–H and O–H groups in total. The van der Waals surface area contributed by atoms with Gasteiger partial charge >= 0.3 is 5.97 Å². The van der Waals surface area contributed by atoms with Crippen molar-refractivity contribution in [1.29, 1.82) is 0 Å². The summed E-state index contributed by atoms with van der Waals surface area (Å²) in [5.74, 6) is -2.29. The first-order chi connectivity index (χ1) is 13.5. The van der Waals surface area contributed by atoms with Crippen LogP contribution in [0.4, 0.5) is 0 Å². The maximum atomic E-state index is 12.1. The molecular weight excluding hydrogens is 360 g/mol. The van der Waals surface area contributed by atoms with E-state index >= 15 is 0 Å². The Bertz CT molecular complexity index is 627. The maximum absolute atomic E-state index is 12.1. The number of allylic oxidation sites excluding steroid dienone is 3. The van der Waals surface area contributed by atoms with Crippen molar-refractivity contribution in [3.05, 3.63) is 35.3 Å². The number of hydrogen-bond acceptors (Lipinski definition) is 5. The van der Waals surface area contributed by atoms with E-state index in [1.165, 1.54) is 38.9 Å². The number of ketones is 2. The number of carboxylic acids is 1. The van der Waals surface area contributed by atoms with Crippen LogP contribution in [-0.4, -0.2) is 34.9 Å². The summed E-state index contributed by atoms with van der Waals surface area (Å²) >= 11 is 0. The van der Waals surface area contributed by atoms with Gasteiger partial charge < -0.3 is 14.9 Å². The lowest BCUT2D eigenvalue weighted by Crippen LogP contribution is -2.20. The molecule has 0 atom stereocenters. The van der Waals surface area contributed by atoms with E-state index < -0.39 is 23.3 Å². The van der Waals surface area contributed by atoms with Crippen LogP contribution in [0.2, 0.25) is 0 Å². The molecule has 0 spiro atoms. The van der Waals surface area contributed by atoms with Gasteiger partial charge in [-0.2, -0.15) is 0 Å². The Morgan fingerprint density at radius 3 is 2.04 bits per heavy atom. The molecule has 0 amide bonds. The van der Waals surface area contributed by atoms with Crippen molar-refractivity contribution in [2.24, 2.45) is 0 Å². The molecule has 0 aromatic carbocycles. The zero-order valence-corrected chi connectivity index (χ0v) is 16.7. The fourth-order valence-corrected chi connectivity index (χ4v) is 3.20. The zero-order chi connectivity index (χ0) is 20.8. The van der Waals surface area contributed by atoms with Crippen molar-refractivity contribution in [2.45, 2.75) is 77.0 Å². The van der Waals surface area contributed by atoms with E-state index in [1.807, 2.05) is 0 Å². The molecule has 0 fully saturated rings. The normalized spacial score (nSPS) is 14.7. The summed E-state index contributed by atoms with van der Waals surface area (Å²) in [6.45, 7) is 0. The highest BCUT2D eigenvalue weighted by Crippen LogP contribution is 2.23. The van der Waals surface area contributed by atoms with E-state index in [4.69, 9.17) is 9.84 Å². The summed E-state index contributed by atoms with van der Waals surface area (Å²) < 4.78 is 4.90. The number of carbonyl (C=O) groups excluding carboxylic acids is 2. The summed E-state index contributed by atoms with van der Waals surface area (Å²) in [6.07, 6.45) is 16.0. The van der Waals surface area contributed by atoms with Gasteiger partial charge in [-0.1, -0.05) is 57.4 Å². The fourth-order valence-electron chi connectivity index (χ4n) is 3.20. The Morgan fingerprint density at radius 2 is 1.50 bits per heavy atom. The van der Waals surface area contributed by atoms with Crippen LogP contribution in [0, 0.1) is 0 Å². The Hall–Kier alpha value is -2.37. The molecule has 0 aliphatic heterocycles. The van der Waals surface area contributed by atoms with Gasteiger partial charge in [0.15, 0.2) is 11.5 Å². The third kappa shape index (κ3) is 9.02. The average Bonchev–Trinajstić information content (AvgIpc) is 2.67. The molecule has 0 radical (unpaired) electrons. The lowest BCUT2D eigenvalue weighted by atomic mass is 9.94. The van der Waals surface area contributed by atoms with E-state index in [0.29, 0.717) is 6.42 Å². The van der Waals surface area contributed by atoms with Crippen LogP contribution >= 0.6 is 0 Å². The van der Waals surface area contributed by atoms with Gasteiger partial charge in [0, 0.05) is 17.7 Å². The minimum atomic E-state index is -0.885. The van der Waals surface area contributed by atoms with Crippen LogP contribution < -0.4 is 0 Å². The van der Waals surface area contributed by atoms with Crippen LogP contribution in [0.15, 0.2) is 35.3 Å². The molecule has 0 heterocycles. The maximum Gasteiger partial charge on any atom is 0.327 e. The number of unbranched alkanes of at least 4 members (excludes halogenated alkanes) is 10. The zero-order valence-electron chi connectivity index (χ0n) is 16.7. The van der Waals surface area contributed by atoms with Crippen molar-refractivity contribution in [1.82, 2.24) is 0 Å². The lowest BCUT2D eigenvalue weighted by molar-refractivity contribution is -0.131. The van der Waals surface area contributed by atoms with Gasteiger partial charge in [0.1, 0.15) is 0 Å². The second-order valence-corrected chi connectivity index (χ2v) is 7.05. The molecule has 0 unspecified atom stereocenters. The van der Waals surface area contributed by atoms with Gasteiger partial charge in [-0.25, -0.2) is 4.79 Å². The van der Waals surface area contributed by atoms with Crippen molar-refractivity contribution < 1.29 is 29.3 Å². The van der Waals surface area contributed by atoms with Crippen LogP contribution in [0.5, 0.6) is 0 Å². The SMILES string of the molecule is COC1=CC(=O)C(O)=C(CCCCCCCCCCCCC=CC(=O)O)C1=O. The van der Waals surface area contributed by atoms with Crippen LogP contribution in [0.25, 0.3) is 0 Å². The molecule has 28 heavy (non-hydrogen) atoms. The number of aliphatic carboxylic acids is 1. The number of ether oxygens (including phenoxy) is 1. The Labute approximate surface area is 167 Å². The number of aliphatic hydroxyl groups is 1. The summed E-state index contributed by atoms with van der Waals surface area (Å²) in [5, 5.41) is 18.3. The Kier molecular flexibility index (Phi) is 11.6. The van der Waals surface area contributed by atoms with E-state index in [-0.39, 0.29) is 11.3 Å². The van der Waals surface area contributed by atoms with Crippen LogP contribution in [0.1, 0.15) is 77.0 Å². The van der Waals surface area contributed by atoms with Crippen molar-refractivity contribution in [2.75, 3.05) is 7.11 Å². The molecule has 0 saturated heterocycles. The van der Waals surface area contributed by atoms with Gasteiger partial charge in [-0.3, -0.25) is 9.59 Å². The minimum absolute atomic E-state index is 0.00397. The van der Waals surface area contributed by atoms with E-state index in [2.05, 4.69) is 0 Å². The lowest BCUT2D eigenvalue weighted by Gasteiger charge is -2.14. The molecule has 6 nitrogen and oxygen atoms in total. The quantitative estimate of drug-likeness (QED) is 0.236. The topological polar surface area (TPSA) is 101 Å². The Morgan fingerprint density at radius 1 is 0.964 bits per heavy atom. The van der Waals surface area contributed by atoms with Crippen LogP contribution in [-0.2, 0) is 19.1 Å². The average molecular weight is 392 g/mol. The number of hydrogen-bond donors (Lipinski definition) is 2. The number of Topliss-reactive ketones (excluding diaryl/α,β-unsaturated/α-hetero) is 1. The van der Waals surface area contributed by atoms with Crippen molar-refractivity contribution in [3.8, 4) is 0 Å². The number of rotatable bonds is 15. The van der Waals surface area contributed by atoms with Gasteiger partial charge in [0.25, 0.3) is 0 Å². The molecule has 0 saturated carbocycles. The fraction of sp³-hybridized carbons (Fsp3) is 0.591. The number of methoxy groups -OCH3 is 1. The number of carbonyl (C=O) groups is 3. The second kappa shape index (κ2) is 13.7. The van der Waals surface area contributed by atoms with E-state index in [0.717, 1.165) is 51.0 Å². The number of carboxylic acid groups (broad SMARTS) is 1. The highest BCUT2D eigenvalue weighted by molar-refractivity contribution is 6.20. The third-order valence-electron chi connectivity index (χ3n) is 4.81. The summed E-state index contributed by atoms with van der Waals surface area (Å²) in [7, 11) is 1.34. The molecule has 6 heteroatoms. The monoisotopic (exact) mass is 392 g/mol. The highest BCUT2D eigenvalue weighted by atomic mass is 16.5. The summed E-state index contributed by atoms with van der Waals surface area (Å²) in [6, 6.07) is 0. The first kappa shape index (κ1) is 23.7. The van der Waals surface area contributed by atoms with Crippen molar-refractivity contribution >= 4 is 17.5 Å². The highest BCUT2D eigenvalue weighted by Gasteiger charge is 2.28. The minimum Gasteiger partial charge on any atom is -0.504 e. The van der Waals surface area contributed by atoms with E-state index in [9.17, 15) is 19.5 Å². The standard InChI is InChI=1S/C22H32O6/c1-28-19-16-18(23)21(26)17(22(19)27)14-12-10-8-6-4-2-3-5-7-9-11-13-15-20(24)25/h13,15-16,26H,2-12,14H2,1H3,(H,24,25). The third-order valence-corrected chi connectivity index (χ3v) is 4.81. The molecular formula is C22H32O6. The van der Waals surface area contributed by atoms with Gasteiger partial charge in [0.05, 0.1) is 7.11 Å². The molecule has 156 valence electrons. The van der Waals surface area contributed by atoms with Gasteiger partial charge in [0.2, 0.25) is 11.6 Å². The van der Waals surface area contributed by atoms with Crippen molar-refractivity contribution in [3.63, 3.8) is 0 Å². The van der Waals surface area contributed by atoms with Gasteiger partial charge in [-0.15, -0.1) is 0 Å². The molecule has 1 aliphatic carbocycles. The van der Waals surface area contributed by atoms with Gasteiger partial charge in [-0.05, 0) is 25.7 Å². The first-order valence-electron chi connectivity index (χ1n) is 10.1. The molecule has 0 bridgehead atoms. The second-order valence-electron chi connectivity index (χ2n) is 7.05. The molecule has 0 aromatic rings. The van der Waals surface area contributed by atoms with E-state index in [1.54, 1.807) is 6.08 Å². The summed E-state index contributed by atoms with van der Waals surface area (Å²) in [4.78, 5) is 34.0. The first-order valence-corrected chi connectivity index (χ1v) is 10.1.